The molecule has 0 aliphatic carbocycles. The molecule has 0 radical (unpaired) electrons. The summed E-state index contributed by atoms with van der Waals surface area (Å²) in [6.45, 7) is 0. The second kappa shape index (κ2) is 7.07. The first kappa shape index (κ1) is 18.5. The van der Waals surface area contributed by atoms with Gasteiger partial charge in [0.15, 0.2) is 0 Å². The van der Waals surface area contributed by atoms with Gasteiger partial charge in [-0.25, -0.2) is 9.78 Å². The number of para-hydroxylation sites is 2. The Morgan fingerprint density at radius 2 is 1.74 bits per heavy atom. The molecular weight excluding hydrogens is 394 g/mol. The average Bonchev–Trinajstić information content (AvgIpc) is 3.09. The van der Waals surface area contributed by atoms with Gasteiger partial charge in [-0.2, -0.15) is 0 Å². The van der Waals surface area contributed by atoms with Crippen molar-refractivity contribution in [3.63, 3.8) is 0 Å². The van der Waals surface area contributed by atoms with E-state index in [0.29, 0.717) is 33.4 Å². The molecular formula is C24H15N3O4. The molecule has 150 valence electrons. The molecule has 5 rings (SSSR count). The highest BCUT2D eigenvalue weighted by Crippen LogP contribution is 2.32. The molecule has 0 atom stereocenters. The fourth-order valence-electron chi connectivity index (χ4n) is 3.69. The first-order valence-electron chi connectivity index (χ1n) is 9.51. The van der Waals surface area contributed by atoms with E-state index < -0.39 is 5.97 Å². The predicted molar refractivity (Wildman–Crippen MR) is 117 cm³/mol. The molecule has 1 aromatic heterocycles. The van der Waals surface area contributed by atoms with Crippen molar-refractivity contribution < 1.29 is 14.7 Å². The van der Waals surface area contributed by atoms with Crippen molar-refractivity contribution in [3.05, 3.63) is 100 Å². The second-order valence-electron chi connectivity index (χ2n) is 7.04. The first-order chi connectivity index (χ1) is 15.0. The number of anilines is 1. The number of carboxylic acids is 1. The van der Waals surface area contributed by atoms with Crippen LogP contribution in [0.2, 0.25) is 0 Å². The molecule has 0 spiro atoms. The molecule has 0 saturated heterocycles. The normalized spacial score (nSPS) is 13.9. The van der Waals surface area contributed by atoms with Crippen molar-refractivity contribution in [2.75, 3.05) is 5.32 Å². The minimum absolute atomic E-state index is 0.0418. The maximum atomic E-state index is 13.4. The van der Waals surface area contributed by atoms with Gasteiger partial charge in [0.1, 0.15) is 5.82 Å². The van der Waals surface area contributed by atoms with E-state index in [-0.39, 0.29) is 22.9 Å². The maximum Gasteiger partial charge on any atom is 0.335 e. The molecule has 4 aromatic rings. The van der Waals surface area contributed by atoms with Gasteiger partial charge in [0.2, 0.25) is 0 Å². The Balaban J connectivity index is 1.82. The average molecular weight is 409 g/mol. The van der Waals surface area contributed by atoms with E-state index in [1.807, 2.05) is 18.2 Å². The monoisotopic (exact) mass is 409 g/mol. The summed E-state index contributed by atoms with van der Waals surface area (Å²) >= 11 is 0. The van der Waals surface area contributed by atoms with Crippen molar-refractivity contribution >= 4 is 40.1 Å². The number of rotatable bonds is 3. The summed E-state index contributed by atoms with van der Waals surface area (Å²) in [4.78, 5) is 42.1. The Morgan fingerprint density at radius 1 is 0.968 bits per heavy atom. The van der Waals surface area contributed by atoms with E-state index >= 15 is 0 Å². The third-order valence-electron chi connectivity index (χ3n) is 5.14. The highest BCUT2D eigenvalue weighted by Gasteiger charge is 2.24. The molecule has 3 aromatic carbocycles. The van der Waals surface area contributed by atoms with Crippen LogP contribution in [-0.2, 0) is 4.79 Å². The Bertz CT molecular complexity index is 1480. The van der Waals surface area contributed by atoms with Gasteiger partial charge in [-0.3, -0.25) is 14.2 Å². The van der Waals surface area contributed by atoms with E-state index in [0.717, 1.165) is 0 Å². The largest absolute Gasteiger partial charge is 0.478 e. The lowest BCUT2D eigenvalue weighted by Crippen LogP contribution is -2.23. The minimum Gasteiger partial charge on any atom is -0.478 e. The van der Waals surface area contributed by atoms with Gasteiger partial charge in [-0.05, 0) is 42.5 Å². The molecule has 7 heteroatoms. The minimum atomic E-state index is -1.10. The van der Waals surface area contributed by atoms with Crippen molar-refractivity contribution in [2.45, 2.75) is 0 Å². The molecule has 0 bridgehead atoms. The Morgan fingerprint density at radius 3 is 2.58 bits per heavy atom. The second-order valence-corrected chi connectivity index (χ2v) is 7.04. The smallest absolute Gasteiger partial charge is 0.335 e. The van der Waals surface area contributed by atoms with Crippen LogP contribution in [0.25, 0.3) is 28.2 Å². The zero-order chi connectivity index (χ0) is 21.5. The molecule has 1 aliphatic rings. The standard InChI is InChI=1S/C24H15N3O4/c28-22-18(16-8-1-3-10-19(16)26-22)13-21-25-20-11-4-2-9-17(20)23(29)27(21)15-7-5-6-14(12-15)24(30)31/h1-13H,(H,26,28)(H,30,31). The predicted octanol–water partition coefficient (Wildman–Crippen LogP) is 3.58. The number of nitrogens with one attached hydrogen (secondary N) is 1. The number of carboxylic acid groups (broad SMARTS) is 1. The van der Waals surface area contributed by atoms with Crippen molar-refractivity contribution in [1.82, 2.24) is 9.55 Å². The number of hydrogen-bond donors (Lipinski definition) is 2. The third-order valence-corrected chi connectivity index (χ3v) is 5.14. The van der Waals surface area contributed by atoms with Gasteiger partial charge < -0.3 is 10.4 Å². The lowest BCUT2D eigenvalue weighted by atomic mass is 10.1. The number of hydrogen-bond acceptors (Lipinski definition) is 4. The summed E-state index contributed by atoms with van der Waals surface area (Å²) in [5.41, 5.74) is 2.29. The lowest BCUT2D eigenvalue weighted by Gasteiger charge is -2.12. The summed E-state index contributed by atoms with van der Waals surface area (Å²) in [6.07, 6.45) is 1.56. The molecule has 1 aliphatic heterocycles. The molecule has 31 heavy (non-hydrogen) atoms. The fraction of sp³-hybridized carbons (Fsp3) is 0. The maximum absolute atomic E-state index is 13.4. The summed E-state index contributed by atoms with van der Waals surface area (Å²) < 4.78 is 1.33. The van der Waals surface area contributed by atoms with Crippen LogP contribution in [-0.4, -0.2) is 26.5 Å². The summed E-state index contributed by atoms with van der Waals surface area (Å²) in [7, 11) is 0. The topological polar surface area (TPSA) is 101 Å². The number of fused-ring (bicyclic) bond motifs is 2. The van der Waals surface area contributed by atoms with Gasteiger partial charge in [0.05, 0.1) is 27.7 Å². The van der Waals surface area contributed by atoms with E-state index in [9.17, 15) is 19.5 Å². The third kappa shape index (κ3) is 3.08. The van der Waals surface area contributed by atoms with E-state index in [4.69, 9.17) is 0 Å². The van der Waals surface area contributed by atoms with Crippen LogP contribution in [0.3, 0.4) is 0 Å². The van der Waals surface area contributed by atoms with E-state index in [1.165, 1.54) is 16.7 Å². The number of benzene rings is 3. The highest BCUT2D eigenvalue weighted by atomic mass is 16.4. The van der Waals surface area contributed by atoms with Crippen molar-refractivity contribution in [3.8, 4) is 5.69 Å². The van der Waals surface area contributed by atoms with Gasteiger partial charge in [0, 0.05) is 11.3 Å². The van der Waals surface area contributed by atoms with Gasteiger partial charge in [-0.15, -0.1) is 0 Å². The number of aromatic nitrogens is 2. The first-order valence-corrected chi connectivity index (χ1v) is 9.51. The van der Waals surface area contributed by atoms with Crippen LogP contribution in [0.15, 0.2) is 77.6 Å². The molecule has 2 heterocycles. The van der Waals surface area contributed by atoms with Gasteiger partial charge in [0.25, 0.3) is 11.5 Å². The van der Waals surface area contributed by atoms with Gasteiger partial charge >= 0.3 is 5.97 Å². The summed E-state index contributed by atoms with van der Waals surface area (Å²) in [6, 6.07) is 20.2. The molecule has 0 fully saturated rings. The number of carbonyl (C=O) groups excluding carboxylic acids is 1. The zero-order valence-corrected chi connectivity index (χ0v) is 16.1. The molecule has 0 saturated carbocycles. The van der Waals surface area contributed by atoms with Crippen LogP contribution in [0.1, 0.15) is 21.7 Å². The highest BCUT2D eigenvalue weighted by molar-refractivity contribution is 6.34. The number of carbonyl (C=O) groups is 2. The van der Waals surface area contributed by atoms with Crippen LogP contribution >= 0.6 is 0 Å². The number of aromatic carboxylic acids is 1. The number of nitrogens with zero attached hydrogens (tertiary/aromatic N) is 2. The molecule has 2 N–H and O–H groups in total. The Kier molecular flexibility index (Phi) is 4.22. The number of amides is 1. The Labute approximate surface area is 175 Å². The Hall–Kier alpha value is -4.52. The van der Waals surface area contributed by atoms with Crippen molar-refractivity contribution in [1.29, 1.82) is 0 Å². The quantitative estimate of drug-likeness (QED) is 0.504. The van der Waals surface area contributed by atoms with Crippen LogP contribution < -0.4 is 10.9 Å². The van der Waals surface area contributed by atoms with Crippen LogP contribution in [0.4, 0.5) is 5.69 Å². The van der Waals surface area contributed by atoms with Crippen molar-refractivity contribution in [2.24, 2.45) is 0 Å². The van der Waals surface area contributed by atoms with Crippen LogP contribution in [0, 0.1) is 0 Å². The van der Waals surface area contributed by atoms with Crippen LogP contribution in [0.5, 0.6) is 0 Å². The lowest BCUT2D eigenvalue weighted by molar-refractivity contribution is -0.110. The van der Waals surface area contributed by atoms with E-state index in [2.05, 4.69) is 10.3 Å². The summed E-state index contributed by atoms with van der Waals surface area (Å²) in [5, 5.41) is 12.6. The fourth-order valence-corrected chi connectivity index (χ4v) is 3.69. The zero-order valence-electron chi connectivity index (χ0n) is 16.1. The molecule has 7 nitrogen and oxygen atoms in total. The molecule has 0 unspecified atom stereocenters. The molecule has 1 amide bonds. The van der Waals surface area contributed by atoms with Gasteiger partial charge in [-0.1, -0.05) is 36.4 Å². The SMILES string of the molecule is O=C1Nc2ccccc2C1=Cc1nc2ccccc2c(=O)n1-c1cccc(C(=O)O)c1. The van der Waals surface area contributed by atoms with E-state index in [1.54, 1.807) is 48.5 Å². The summed E-state index contributed by atoms with van der Waals surface area (Å²) in [5.74, 6) is -1.17.